The van der Waals surface area contributed by atoms with E-state index in [1.165, 1.54) is 25.0 Å². The van der Waals surface area contributed by atoms with Gasteiger partial charge in [-0.1, -0.05) is 84.9 Å². The van der Waals surface area contributed by atoms with Crippen molar-refractivity contribution in [2.45, 2.75) is 12.1 Å². The summed E-state index contributed by atoms with van der Waals surface area (Å²) in [6.45, 7) is 0. The Morgan fingerprint density at radius 2 is 1.54 bits per heavy atom. The van der Waals surface area contributed by atoms with Crippen molar-refractivity contribution in [3.8, 4) is 0 Å². The highest BCUT2D eigenvalue weighted by molar-refractivity contribution is 7.54. The predicted molar refractivity (Wildman–Crippen MR) is 108 cm³/mol. The quantitative estimate of drug-likeness (QED) is 0.450. The van der Waals surface area contributed by atoms with Crippen molar-refractivity contribution in [1.82, 2.24) is 0 Å². The average molecular weight is 366 g/mol. The summed E-state index contributed by atoms with van der Waals surface area (Å²) < 4.78 is 23.6. The lowest BCUT2D eigenvalue weighted by Crippen LogP contribution is -2.03. The average Bonchev–Trinajstić information content (AvgIpc) is 2.71. The number of rotatable bonds is 7. The molecule has 0 saturated heterocycles. The zero-order valence-electron chi connectivity index (χ0n) is 15.0. The summed E-state index contributed by atoms with van der Waals surface area (Å²) in [6.07, 6.45) is 4.68. The van der Waals surface area contributed by atoms with Crippen LogP contribution in [0.3, 0.4) is 0 Å². The molecule has 3 aromatic rings. The molecule has 1 unspecified atom stereocenters. The van der Waals surface area contributed by atoms with Gasteiger partial charge in [0.1, 0.15) is 0 Å². The van der Waals surface area contributed by atoms with Crippen molar-refractivity contribution < 1.29 is 13.6 Å². The molecule has 0 aliphatic carbocycles. The summed E-state index contributed by atoms with van der Waals surface area (Å²) in [5.41, 5.74) is 1.74. The van der Waals surface area contributed by atoms with E-state index in [0.717, 1.165) is 11.1 Å². The molecule has 0 aromatic heterocycles. The van der Waals surface area contributed by atoms with E-state index in [4.69, 9.17) is 9.05 Å². The van der Waals surface area contributed by atoms with Gasteiger partial charge in [0.05, 0.1) is 5.66 Å². The van der Waals surface area contributed by atoms with Crippen LogP contribution in [0.2, 0.25) is 0 Å². The largest absolute Gasteiger partial charge is 0.337 e. The summed E-state index contributed by atoms with van der Waals surface area (Å²) in [7, 11) is -0.356. The molecule has 3 nitrogen and oxygen atoms in total. The third-order valence-electron chi connectivity index (χ3n) is 4.56. The van der Waals surface area contributed by atoms with Gasteiger partial charge in [-0.05, 0) is 28.3 Å². The molecule has 0 N–H and O–H groups in total. The third kappa shape index (κ3) is 3.96. The third-order valence-corrected chi connectivity index (χ3v) is 6.85. The van der Waals surface area contributed by atoms with Crippen LogP contribution in [0.4, 0.5) is 0 Å². The molecule has 4 heteroatoms. The first-order chi connectivity index (χ1) is 12.7. The molecule has 0 amide bonds. The molecule has 0 bridgehead atoms. The lowest BCUT2D eigenvalue weighted by Gasteiger charge is -2.23. The maximum Gasteiger partial charge on any atom is 0.337 e. The van der Waals surface area contributed by atoms with E-state index < -0.39 is 7.60 Å². The highest BCUT2D eigenvalue weighted by atomic mass is 31.2. The smallest absolute Gasteiger partial charge is 0.312 e. The van der Waals surface area contributed by atoms with Crippen LogP contribution in [0.25, 0.3) is 16.8 Å². The number of fused-ring (bicyclic) bond motifs is 1. The molecule has 0 fully saturated rings. The first-order valence-electron chi connectivity index (χ1n) is 8.58. The summed E-state index contributed by atoms with van der Waals surface area (Å²) >= 11 is 0. The minimum atomic E-state index is -3.23. The van der Waals surface area contributed by atoms with E-state index in [2.05, 4.69) is 30.3 Å². The van der Waals surface area contributed by atoms with Crippen LogP contribution in [-0.2, 0) is 13.6 Å². The fourth-order valence-electron chi connectivity index (χ4n) is 3.17. The number of allylic oxidation sites excluding steroid dienone is 1. The van der Waals surface area contributed by atoms with Crippen LogP contribution in [0, 0.1) is 0 Å². The van der Waals surface area contributed by atoms with Crippen LogP contribution < -0.4 is 0 Å². The minimum absolute atomic E-state index is 0.343. The van der Waals surface area contributed by atoms with Gasteiger partial charge in [-0.15, -0.1) is 0 Å². The van der Waals surface area contributed by atoms with Crippen LogP contribution in [-0.4, -0.2) is 14.2 Å². The molecule has 1 atom stereocenters. The molecule has 0 radical (unpaired) electrons. The van der Waals surface area contributed by atoms with Gasteiger partial charge in [0, 0.05) is 14.2 Å². The van der Waals surface area contributed by atoms with E-state index in [0.29, 0.717) is 6.42 Å². The molecule has 26 heavy (non-hydrogen) atoms. The highest BCUT2D eigenvalue weighted by Gasteiger charge is 2.34. The molecule has 3 rings (SSSR count). The van der Waals surface area contributed by atoms with E-state index in [1.54, 1.807) is 0 Å². The summed E-state index contributed by atoms with van der Waals surface area (Å²) in [5.74, 6) is 0. The first-order valence-corrected chi connectivity index (χ1v) is 10.2. The van der Waals surface area contributed by atoms with E-state index in [-0.39, 0.29) is 5.66 Å². The van der Waals surface area contributed by atoms with Crippen LogP contribution in [0.1, 0.15) is 23.2 Å². The van der Waals surface area contributed by atoms with Crippen LogP contribution in [0.15, 0.2) is 78.9 Å². The molecule has 0 heterocycles. The second kappa shape index (κ2) is 8.46. The summed E-state index contributed by atoms with van der Waals surface area (Å²) in [5, 5.41) is 2.40. The predicted octanol–water partition coefficient (Wildman–Crippen LogP) is 6.47. The van der Waals surface area contributed by atoms with Gasteiger partial charge < -0.3 is 9.05 Å². The first kappa shape index (κ1) is 18.6. The molecule has 0 saturated carbocycles. The molecular weight excluding hydrogens is 343 g/mol. The van der Waals surface area contributed by atoms with Crippen LogP contribution in [0.5, 0.6) is 0 Å². The molecule has 0 aliphatic rings. The SMILES string of the molecule is COP(=O)(OC)C(C/C=C/c1cccc2ccccc12)c1ccccc1. The van der Waals surface area contributed by atoms with Gasteiger partial charge in [0.15, 0.2) is 0 Å². The zero-order valence-corrected chi connectivity index (χ0v) is 15.9. The standard InChI is InChI=1S/C22H23O3P/c1-24-26(23,25-2)22(20-11-4-3-5-12-20)17-9-15-19-14-8-13-18-10-6-7-16-21(18)19/h3-16,22H,17H2,1-2H3/b15-9+. The summed E-state index contributed by atoms with van der Waals surface area (Å²) in [6, 6.07) is 24.3. The second-order valence-electron chi connectivity index (χ2n) is 6.04. The molecular formula is C22H23O3P. The number of hydrogen-bond donors (Lipinski definition) is 0. The Hall–Kier alpha value is -2.19. The van der Waals surface area contributed by atoms with E-state index >= 15 is 0 Å². The summed E-state index contributed by atoms with van der Waals surface area (Å²) in [4.78, 5) is 0. The Morgan fingerprint density at radius 3 is 2.27 bits per heavy atom. The normalized spacial score (nSPS) is 13.3. The van der Waals surface area contributed by atoms with Crippen molar-refractivity contribution in [2.24, 2.45) is 0 Å². The van der Waals surface area contributed by atoms with E-state index in [1.807, 2.05) is 54.6 Å². The maximum atomic E-state index is 13.0. The van der Waals surface area contributed by atoms with Gasteiger partial charge in [-0.2, -0.15) is 0 Å². The number of hydrogen-bond acceptors (Lipinski definition) is 3. The lowest BCUT2D eigenvalue weighted by molar-refractivity contribution is 0.266. The molecule has 0 aliphatic heterocycles. The maximum absolute atomic E-state index is 13.0. The van der Waals surface area contributed by atoms with Gasteiger partial charge in [0.25, 0.3) is 0 Å². The Kier molecular flexibility index (Phi) is 6.05. The van der Waals surface area contributed by atoms with Gasteiger partial charge in [0.2, 0.25) is 0 Å². The zero-order chi connectivity index (χ0) is 18.4. The Morgan fingerprint density at radius 1 is 0.885 bits per heavy atom. The van der Waals surface area contributed by atoms with Gasteiger partial charge in [-0.25, -0.2) is 0 Å². The number of benzene rings is 3. The molecule has 3 aromatic carbocycles. The van der Waals surface area contributed by atoms with Crippen molar-refractivity contribution in [3.63, 3.8) is 0 Å². The Balaban J connectivity index is 1.90. The van der Waals surface area contributed by atoms with Crippen molar-refractivity contribution in [3.05, 3.63) is 90.0 Å². The van der Waals surface area contributed by atoms with Crippen molar-refractivity contribution in [1.29, 1.82) is 0 Å². The van der Waals surface area contributed by atoms with Crippen molar-refractivity contribution in [2.75, 3.05) is 14.2 Å². The fourth-order valence-corrected chi connectivity index (χ4v) is 4.75. The lowest BCUT2D eigenvalue weighted by atomic mass is 10.0. The molecule has 0 spiro atoms. The monoisotopic (exact) mass is 366 g/mol. The molecule has 134 valence electrons. The Labute approximate surface area is 154 Å². The van der Waals surface area contributed by atoms with Gasteiger partial charge >= 0.3 is 7.60 Å². The van der Waals surface area contributed by atoms with Crippen LogP contribution >= 0.6 is 7.60 Å². The minimum Gasteiger partial charge on any atom is -0.312 e. The van der Waals surface area contributed by atoms with E-state index in [9.17, 15) is 4.57 Å². The Bertz CT molecular complexity index is 921. The topological polar surface area (TPSA) is 35.5 Å². The fraction of sp³-hybridized carbons (Fsp3) is 0.182. The second-order valence-corrected chi connectivity index (χ2v) is 8.47. The highest BCUT2D eigenvalue weighted by Crippen LogP contribution is 2.61. The van der Waals surface area contributed by atoms with Crippen molar-refractivity contribution >= 4 is 24.4 Å². The van der Waals surface area contributed by atoms with Gasteiger partial charge in [-0.3, -0.25) is 4.57 Å².